The van der Waals surface area contributed by atoms with Gasteiger partial charge in [0.25, 0.3) is 5.91 Å². The molecule has 0 saturated heterocycles. The van der Waals surface area contributed by atoms with Gasteiger partial charge in [-0.2, -0.15) is 5.10 Å². The maximum Gasteiger partial charge on any atom is 0.254 e. The summed E-state index contributed by atoms with van der Waals surface area (Å²) in [5.74, 6) is 0.0998. The molecule has 4 aromatic rings. The summed E-state index contributed by atoms with van der Waals surface area (Å²) in [4.78, 5) is 18.4. The van der Waals surface area contributed by atoms with Crippen LogP contribution in [0.4, 0.5) is 0 Å². The molecule has 1 aliphatic rings. The van der Waals surface area contributed by atoms with E-state index in [1.807, 2.05) is 41.4 Å². The van der Waals surface area contributed by atoms with Crippen molar-refractivity contribution in [2.24, 2.45) is 0 Å². The number of hydrogen-bond acceptors (Lipinski definition) is 2. The molecule has 1 saturated carbocycles. The van der Waals surface area contributed by atoms with E-state index in [1.165, 1.54) is 5.39 Å². The Bertz CT molecular complexity index is 1080. The van der Waals surface area contributed by atoms with Crippen molar-refractivity contribution in [1.29, 1.82) is 0 Å². The zero-order valence-corrected chi connectivity index (χ0v) is 14.9. The second kappa shape index (κ2) is 6.43. The van der Waals surface area contributed by atoms with E-state index in [1.54, 1.807) is 6.20 Å². The van der Waals surface area contributed by atoms with E-state index in [2.05, 4.69) is 39.4 Å². The summed E-state index contributed by atoms with van der Waals surface area (Å²) in [5, 5.41) is 8.11. The molecule has 0 atom stereocenters. The van der Waals surface area contributed by atoms with E-state index in [0.29, 0.717) is 12.6 Å². The molecule has 1 fully saturated rings. The quantitative estimate of drug-likeness (QED) is 0.558. The molecule has 134 valence electrons. The van der Waals surface area contributed by atoms with Crippen molar-refractivity contribution in [3.63, 3.8) is 0 Å². The number of nitrogens with zero attached hydrogens (tertiary/aromatic N) is 2. The maximum atomic E-state index is 13.1. The van der Waals surface area contributed by atoms with Gasteiger partial charge in [0.05, 0.1) is 5.69 Å². The average molecular weight is 356 g/mol. The molecule has 5 rings (SSSR count). The molecule has 0 aliphatic heterocycles. The van der Waals surface area contributed by atoms with E-state index < -0.39 is 0 Å². The first-order valence-corrected chi connectivity index (χ1v) is 9.25. The van der Waals surface area contributed by atoms with Crippen molar-refractivity contribution in [2.75, 3.05) is 0 Å². The number of aromatic amines is 2. The van der Waals surface area contributed by atoms with Crippen LogP contribution in [0, 0.1) is 0 Å². The zero-order chi connectivity index (χ0) is 18.2. The Morgan fingerprint density at radius 1 is 1.07 bits per heavy atom. The van der Waals surface area contributed by atoms with Crippen LogP contribution < -0.4 is 0 Å². The van der Waals surface area contributed by atoms with Gasteiger partial charge in [-0.25, -0.2) is 0 Å². The number of H-pyrrole nitrogens is 2. The number of carbonyl (C=O) groups excluding carboxylic acids is 1. The fraction of sp³-hybridized carbons (Fsp3) is 0.182. The van der Waals surface area contributed by atoms with Crippen molar-refractivity contribution in [3.05, 3.63) is 78.1 Å². The monoisotopic (exact) mass is 356 g/mol. The Hall–Kier alpha value is -3.34. The maximum absolute atomic E-state index is 13.1. The van der Waals surface area contributed by atoms with Crippen LogP contribution in [0.5, 0.6) is 0 Å². The highest BCUT2D eigenvalue weighted by molar-refractivity contribution is 5.95. The van der Waals surface area contributed by atoms with E-state index >= 15 is 0 Å². The number of aromatic nitrogens is 3. The predicted molar refractivity (Wildman–Crippen MR) is 105 cm³/mol. The Morgan fingerprint density at radius 3 is 2.67 bits per heavy atom. The topological polar surface area (TPSA) is 64.8 Å². The van der Waals surface area contributed by atoms with Crippen LogP contribution in [0.2, 0.25) is 0 Å². The van der Waals surface area contributed by atoms with Gasteiger partial charge in [0.15, 0.2) is 0 Å². The minimum absolute atomic E-state index is 0.0998. The standard InChI is InChI=1S/C22H20N4O/c27-22(17-4-2-16(3-5-17)21-10-12-24-25-21)26(19-6-7-19)14-15-1-8-20-18(13-15)9-11-23-20/h1-5,8-13,19,23H,6-7,14H2,(H,24,25). The van der Waals surface area contributed by atoms with Crippen LogP contribution in [-0.4, -0.2) is 32.0 Å². The molecule has 0 unspecified atom stereocenters. The Labute approximate surface area is 157 Å². The molecule has 2 heterocycles. The first-order chi connectivity index (χ1) is 13.3. The summed E-state index contributed by atoms with van der Waals surface area (Å²) < 4.78 is 0. The van der Waals surface area contributed by atoms with Gasteiger partial charge in [0.2, 0.25) is 0 Å². The number of benzene rings is 2. The van der Waals surface area contributed by atoms with Crippen LogP contribution in [0.25, 0.3) is 22.2 Å². The van der Waals surface area contributed by atoms with Crippen molar-refractivity contribution >= 4 is 16.8 Å². The van der Waals surface area contributed by atoms with Gasteiger partial charge < -0.3 is 9.88 Å². The van der Waals surface area contributed by atoms with Crippen LogP contribution in [0.3, 0.4) is 0 Å². The molecule has 0 radical (unpaired) electrons. The number of nitrogens with one attached hydrogen (secondary N) is 2. The SMILES string of the molecule is O=C(c1ccc(-c2ccn[nH]2)cc1)N(Cc1ccc2[nH]ccc2c1)C1CC1. The van der Waals surface area contributed by atoms with Crippen LogP contribution >= 0.6 is 0 Å². The Kier molecular flexibility index (Phi) is 3.78. The lowest BCUT2D eigenvalue weighted by Crippen LogP contribution is -2.32. The molecule has 27 heavy (non-hydrogen) atoms. The van der Waals surface area contributed by atoms with Gasteiger partial charge in [-0.15, -0.1) is 0 Å². The molecule has 2 aromatic carbocycles. The molecule has 2 aromatic heterocycles. The summed E-state index contributed by atoms with van der Waals surface area (Å²) in [5.41, 5.74) is 4.99. The van der Waals surface area contributed by atoms with E-state index in [-0.39, 0.29) is 5.91 Å². The van der Waals surface area contributed by atoms with E-state index in [9.17, 15) is 4.79 Å². The summed E-state index contributed by atoms with van der Waals surface area (Å²) in [6.45, 7) is 0.646. The number of rotatable bonds is 5. The van der Waals surface area contributed by atoms with Gasteiger partial charge in [-0.3, -0.25) is 9.89 Å². The third-order valence-corrected chi connectivity index (χ3v) is 5.16. The minimum Gasteiger partial charge on any atom is -0.361 e. The number of carbonyl (C=O) groups is 1. The number of amides is 1. The average Bonchev–Trinajstić information content (AvgIpc) is 3.19. The lowest BCUT2D eigenvalue weighted by molar-refractivity contribution is 0.0730. The fourth-order valence-electron chi connectivity index (χ4n) is 3.53. The van der Waals surface area contributed by atoms with Crippen molar-refractivity contribution in [2.45, 2.75) is 25.4 Å². The molecule has 5 nitrogen and oxygen atoms in total. The molecule has 2 N–H and O–H groups in total. The summed E-state index contributed by atoms with van der Waals surface area (Å²) >= 11 is 0. The number of hydrogen-bond donors (Lipinski definition) is 2. The summed E-state index contributed by atoms with van der Waals surface area (Å²) in [6.07, 6.45) is 5.85. The number of fused-ring (bicyclic) bond motifs is 1. The van der Waals surface area contributed by atoms with Crippen LogP contribution in [0.1, 0.15) is 28.8 Å². The smallest absolute Gasteiger partial charge is 0.254 e. The highest BCUT2D eigenvalue weighted by atomic mass is 16.2. The van der Waals surface area contributed by atoms with Gasteiger partial charge in [-0.1, -0.05) is 18.2 Å². The van der Waals surface area contributed by atoms with Gasteiger partial charge in [0.1, 0.15) is 0 Å². The van der Waals surface area contributed by atoms with Gasteiger partial charge >= 0.3 is 0 Å². The first kappa shape index (κ1) is 15.9. The molecular formula is C22H20N4O. The first-order valence-electron chi connectivity index (χ1n) is 9.25. The molecular weight excluding hydrogens is 336 g/mol. The Morgan fingerprint density at radius 2 is 1.93 bits per heavy atom. The highest BCUT2D eigenvalue weighted by Crippen LogP contribution is 2.30. The Balaban J connectivity index is 1.38. The third-order valence-electron chi connectivity index (χ3n) is 5.16. The molecule has 0 spiro atoms. The lowest BCUT2D eigenvalue weighted by atomic mass is 10.1. The molecule has 0 bridgehead atoms. The van der Waals surface area contributed by atoms with Crippen LogP contribution in [-0.2, 0) is 6.54 Å². The van der Waals surface area contributed by atoms with Gasteiger partial charge in [0, 0.05) is 36.1 Å². The molecule has 5 heteroatoms. The predicted octanol–water partition coefficient (Wildman–Crippen LogP) is 4.36. The summed E-state index contributed by atoms with van der Waals surface area (Å²) in [6, 6.07) is 18.4. The van der Waals surface area contributed by atoms with Crippen molar-refractivity contribution < 1.29 is 4.79 Å². The minimum atomic E-state index is 0.0998. The zero-order valence-electron chi connectivity index (χ0n) is 14.9. The summed E-state index contributed by atoms with van der Waals surface area (Å²) in [7, 11) is 0. The second-order valence-corrected chi connectivity index (χ2v) is 7.11. The van der Waals surface area contributed by atoms with Crippen molar-refractivity contribution in [1.82, 2.24) is 20.1 Å². The lowest BCUT2D eigenvalue weighted by Gasteiger charge is -2.23. The van der Waals surface area contributed by atoms with Gasteiger partial charge in [-0.05, 0) is 65.8 Å². The fourth-order valence-corrected chi connectivity index (χ4v) is 3.53. The highest BCUT2D eigenvalue weighted by Gasteiger charge is 2.33. The molecule has 1 amide bonds. The van der Waals surface area contributed by atoms with Crippen LogP contribution in [0.15, 0.2) is 67.0 Å². The second-order valence-electron chi connectivity index (χ2n) is 7.11. The molecule has 1 aliphatic carbocycles. The van der Waals surface area contributed by atoms with E-state index in [0.717, 1.165) is 40.7 Å². The van der Waals surface area contributed by atoms with E-state index in [4.69, 9.17) is 0 Å². The largest absolute Gasteiger partial charge is 0.361 e. The van der Waals surface area contributed by atoms with Crippen molar-refractivity contribution in [3.8, 4) is 11.3 Å². The third kappa shape index (κ3) is 3.12. The normalized spacial score (nSPS) is 13.8.